The van der Waals surface area contributed by atoms with Crippen LogP contribution in [0, 0.1) is 5.92 Å². The van der Waals surface area contributed by atoms with Gasteiger partial charge in [-0.05, 0) is 24.3 Å². The molecule has 0 unspecified atom stereocenters. The zero-order valence-corrected chi connectivity index (χ0v) is 21.4. The third-order valence-electron chi connectivity index (χ3n) is 6.00. The Balaban J connectivity index is 3.00. The molecule has 0 saturated heterocycles. The number of ether oxygens (including phenoxy) is 1. The van der Waals surface area contributed by atoms with E-state index in [0.29, 0.717) is 6.42 Å². The van der Waals surface area contributed by atoms with Crippen LogP contribution in [-0.2, 0) is 30.3 Å². The standard InChI is InChI=1S/C26H41N3O7/c1-4-6-10-17(3)22(36-24(32)14-19(27)5-2)15-23(31)28-20(13-18-11-8-7-9-12-18)25(33)29-21(16-30)26(34)35/h7-9,11-12,17,19-22,30H,4-6,10,13-16,27H2,1-3H3,(H,28,31)(H,29,33)(H,34,35)/t17-,19+,20+,21-,22-/m0/s1. The number of hydrogen-bond donors (Lipinski definition) is 5. The Bertz CT molecular complexity index is 834. The van der Waals surface area contributed by atoms with Gasteiger partial charge in [0.05, 0.1) is 19.4 Å². The van der Waals surface area contributed by atoms with Crippen molar-refractivity contribution in [2.75, 3.05) is 6.61 Å². The van der Waals surface area contributed by atoms with Gasteiger partial charge in [-0.2, -0.15) is 0 Å². The number of unbranched alkanes of at least 4 members (excludes halogenated alkanes) is 1. The molecule has 0 aliphatic rings. The number of aliphatic carboxylic acids is 1. The number of benzene rings is 1. The van der Waals surface area contributed by atoms with Crippen LogP contribution in [0.5, 0.6) is 0 Å². The van der Waals surface area contributed by atoms with E-state index in [2.05, 4.69) is 10.6 Å². The number of rotatable bonds is 17. The number of aliphatic hydroxyl groups excluding tert-OH is 1. The first-order valence-electron chi connectivity index (χ1n) is 12.5. The van der Waals surface area contributed by atoms with E-state index in [1.807, 2.05) is 26.8 Å². The number of aliphatic hydroxyl groups is 1. The number of amides is 2. The van der Waals surface area contributed by atoms with Gasteiger partial charge in [0, 0.05) is 12.5 Å². The minimum atomic E-state index is -1.50. The average molecular weight is 508 g/mol. The fraction of sp³-hybridized carbons (Fsp3) is 0.615. The van der Waals surface area contributed by atoms with Crippen molar-refractivity contribution in [1.29, 1.82) is 0 Å². The number of carbonyl (C=O) groups excluding carboxylic acids is 3. The Hall–Kier alpha value is -2.98. The summed E-state index contributed by atoms with van der Waals surface area (Å²) in [4.78, 5) is 49.5. The Morgan fingerprint density at radius 1 is 1.03 bits per heavy atom. The van der Waals surface area contributed by atoms with Gasteiger partial charge in [-0.25, -0.2) is 4.79 Å². The van der Waals surface area contributed by atoms with Gasteiger partial charge in [0.25, 0.3) is 0 Å². The summed E-state index contributed by atoms with van der Waals surface area (Å²) in [5.41, 5.74) is 6.62. The fourth-order valence-corrected chi connectivity index (χ4v) is 3.60. The van der Waals surface area contributed by atoms with Crippen LogP contribution in [0.15, 0.2) is 30.3 Å². The minimum Gasteiger partial charge on any atom is -0.480 e. The van der Waals surface area contributed by atoms with E-state index < -0.39 is 48.5 Å². The second-order valence-corrected chi connectivity index (χ2v) is 9.12. The van der Waals surface area contributed by atoms with Crippen molar-refractivity contribution in [3.8, 4) is 0 Å². The lowest BCUT2D eigenvalue weighted by atomic mass is 9.95. The molecule has 5 atom stereocenters. The zero-order chi connectivity index (χ0) is 27.1. The molecular weight excluding hydrogens is 466 g/mol. The number of hydrogen-bond acceptors (Lipinski definition) is 7. The van der Waals surface area contributed by atoms with Crippen LogP contribution in [0.25, 0.3) is 0 Å². The van der Waals surface area contributed by atoms with E-state index >= 15 is 0 Å². The van der Waals surface area contributed by atoms with Gasteiger partial charge < -0.3 is 31.3 Å². The molecule has 1 aromatic rings. The van der Waals surface area contributed by atoms with Gasteiger partial charge in [0.15, 0.2) is 0 Å². The molecule has 0 bridgehead atoms. The van der Waals surface area contributed by atoms with Crippen molar-refractivity contribution in [3.63, 3.8) is 0 Å². The number of carbonyl (C=O) groups is 4. The maximum absolute atomic E-state index is 13.0. The van der Waals surface area contributed by atoms with E-state index in [9.17, 15) is 29.4 Å². The Kier molecular flexibility index (Phi) is 14.4. The smallest absolute Gasteiger partial charge is 0.328 e. The maximum Gasteiger partial charge on any atom is 0.328 e. The third kappa shape index (κ3) is 11.6. The van der Waals surface area contributed by atoms with E-state index in [4.69, 9.17) is 10.5 Å². The van der Waals surface area contributed by atoms with Crippen LogP contribution < -0.4 is 16.4 Å². The number of carboxylic acids is 1. The summed E-state index contributed by atoms with van der Waals surface area (Å²) in [6, 6.07) is 6.01. The highest BCUT2D eigenvalue weighted by Gasteiger charge is 2.29. The topological polar surface area (TPSA) is 168 Å². The molecule has 0 spiro atoms. The van der Waals surface area contributed by atoms with E-state index in [1.165, 1.54) is 0 Å². The normalized spacial score (nSPS) is 15.1. The highest BCUT2D eigenvalue weighted by Crippen LogP contribution is 2.20. The van der Waals surface area contributed by atoms with Gasteiger partial charge in [-0.3, -0.25) is 14.4 Å². The lowest BCUT2D eigenvalue weighted by Crippen LogP contribution is -2.54. The second kappa shape index (κ2) is 16.6. The molecule has 0 aliphatic heterocycles. The van der Waals surface area contributed by atoms with E-state index in [1.54, 1.807) is 24.3 Å². The van der Waals surface area contributed by atoms with Gasteiger partial charge in [0.1, 0.15) is 18.2 Å². The molecule has 36 heavy (non-hydrogen) atoms. The lowest BCUT2D eigenvalue weighted by Gasteiger charge is -2.26. The summed E-state index contributed by atoms with van der Waals surface area (Å²) in [7, 11) is 0. The van der Waals surface area contributed by atoms with Gasteiger partial charge in [-0.1, -0.05) is 63.9 Å². The van der Waals surface area contributed by atoms with Crippen LogP contribution in [0.3, 0.4) is 0 Å². The largest absolute Gasteiger partial charge is 0.480 e. The zero-order valence-electron chi connectivity index (χ0n) is 21.4. The molecule has 1 aromatic carbocycles. The first kappa shape index (κ1) is 31.1. The highest BCUT2D eigenvalue weighted by molar-refractivity contribution is 5.90. The first-order chi connectivity index (χ1) is 17.1. The number of esters is 1. The Morgan fingerprint density at radius 3 is 2.25 bits per heavy atom. The number of carboxylic acid groups (broad SMARTS) is 1. The Labute approximate surface area is 213 Å². The quantitative estimate of drug-likeness (QED) is 0.198. The van der Waals surface area contributed by atoms with Crippen LogP contribution in [0.4, 0.5) is 0 Å². The van der Waals surface area contributed by atoms with Crippen LogP contribution in [0.1, 0.15) is 64.9 Å². The van der Waals surface area contributed by atoms with Crippen LogP contribution in [-0.4, -0.2) is 64.8 Å². The molecule has 1 rings (SSSR count). The number of nitrogens with one attached hydrogen (secondary N) is 2. The first-order valence-corrected chi connectivity index (χ1v) is 12.5. The molecular formula is C26H41N3O7. The predicted molar refractivity (Wildman–Crippen MR) is 135 cm³/mol. The second-order valence-electron chi connectivity index (χ2n) is 9.12. The summed E-state index contributed by atoms with van der Waals surface area (Å²) >= 11 is 0. The van der Waals surface area contributed by atoms with Crippen LogP contribution >= 0.6 is 0 Å². The van der Waals surface area contributed by atoms with Crippen molar-refractivity contribution in [2.45, 2.75) is 89.9 Å². The monoisotopic (exact) mass is 507 g/mol. The molecule has 0 fully saturated rings. The maximum atomic E-state index is 13.0. The lowest BCUT2D eigenvalue weighted by molar-refractivity contribution is -0.154. The minimum absolute atomic E-state index is 0.0475. The molecule has 0 radical (unpaired) electrons. The molecule has 0 saturated carbocycles. The molecule has 6 N–H and O–H groups in total. The molecule has 0 aromatic heterocycles. The SMILES string of the molecule is CCCC[C@H](C)[C@H](CC(=O)N[C@H](Cc1ccccc1)C(=O)N[C@@H](CO)C(=O)O)OC(=O)C[C@H](N)CC. The Morgan fingerprint density at radius 2 is 1.69 bits per heavy atom. The van der Waals surface area contributed by atoms with Crippen molar-refractivity contribution in [3.05, 3.63) is 35.9 Å². The number of nitrogens with two attached hydrogens (primary N) is 1. The summed E-state index contributed by atoms with van der Waals surface area (Å²) in [6.07, 6.45) is 2.54. The van der Waals surface area contributed by atoms with Crippen LogP contribution in [0.2, 0.25) is 0 Å². The summed E-state index contributed by atoms with van der Waals surface area (Å²) in [5, 5.41) is 23.4. The summed E-state index contributed by atoms with van der Waals surface area (Å²) < 4.78 is 5.64. The van der Waals surface area contributed by atoms with Gasteiger partial charge in [0.2, 0.25) is 11.8 Å². The molecule has 10 heteroatoms. The molecule has 0 aliphatic carbocycles. The fourth-order valence-electron chi connectivity index (χ4n) is 3.60. The van der Waals surface area contributed by atoms with Crippen molar-refractivity contribution < 1.29 is 34.1 Å². The third-order valence-corrected chi connectivity index (χ3v) is 6.00. The molecule has 10 nitrogen and oxygen atoms in total. The van der Waals surface area contributed by atoms with Crippen molar-refractivity contribution >= 4 is 23.8 Å². The molecule has 2 amide bonds. The van der Waals surface area contributed by atoms with E-state index in [-0.39, 0.29) is 31.2 Å². The van der Waals surface area contributed by atoms with Gasteiger partial charge in [-0.15, -0.1) is 0 Å². The highest BCUT2D eigenvalue weighted by atomic mass is 16.5. The summed E-state index contributed by atoms with van der Waals surface area (Å²) in [6.45, 7) is 5.04. The summed E-state index contributed by atoms with van der Waals surface area (Å²) in [5.74, 6) is -3.21. The predicted octanol–water partition coefficient (Wildman–Crippen LogP) is 1.53. The molecule has 0 heterocycles. The average Bonchev–Trinajstić information content (AvgIpc) is 2.84. The molecule has 202 valence electrons. The van der Waals surface area contributed by atoms with Crippen molar-refractivity contribution in [1.82, 2.24) is 10.6 Å². The van der Waals surface area contributed by atoms with E-state index in [0.717, 1.165) is 24.8 Å². The van der Waals surface area contributed by atoms with Crippen molar-refractivity contribution in [2.24, 2.45) is 11.7 Å². The van der Waals surface area contributed by atoms with Gasteiger partial charge >= 0.3 is 11.9 Å².